The molecule has 0 bridgehead atoms. The molecule has 1 aliphatic rings. The van der Waals surface area contributed by atoms with E-state index in [4.69, 9.17) is 14.6 Å². The van der Waals surface area contributed by atoms with Gasteiger partial charge in [-0.3, -0.25) is 14.3 Å². The lowest BCUT2D eigenvalue weighted by Crippen LogP contribution is -2.45. The van der Waals surface area contributed by atoms with Gasteiger partial charge < -0.3 is 29.3 Å². The predicted octanol–water partition coefficient (Wildman–Crippen LogP) is 2.19. The van der Waals surface area contributed by atoms with E-state index in [0.717, 1.165) is 12.7 Å². The molecule has 1 unspecified atom stereocenters. The minimum atomic E-state index is -3.89. The monoisotopic (exact) mass is 458 g/mol. The van der Waals surface area contributed by atoms with Crippen LogP contribution in [0, 0.1) is 0 Å². The summed E-state index contributed by atoms with van der Waals surface area (Å²) in [5.74, 6) is -1.06. The second-order valence-electron chi connectivity index (χ2n) is 7.00. The Balaban J connectivity index is 1.99. The molecule has 3 N–H and O–H groups in total. The molecule has 1 aromatic rings. The third kappa shape index (κ3) is 8.20. The average Bonchev–Trinajstić information content (AvgIpc) is 3.12. The van der Waals surface area contributed by atoms with Gasteiger partial charge in [-0.05, 0) is 18.4 Å². The number of nitrogens with zero attached hydrogens (tertiary/aromatic N) is 1. The summed E-state index contributed by atoms with van der Waals surface area (Å²) in [5, 5.41) is 10.9. The predicted molar refractivity (Wildman–Crippen MR) is 109 cm³/mol. The molecule has 2 amide bonds. The largest absolute Gasteiger partial charge is 0.481 e. The number of rotatable bonds is 10. The number of hydrogen-bond donors (Lipinski definition) is 3. The summed E-state index contributed by atoms with van der Waals surface area (Å²) in [6, 6.07) is 7.86. The Morgan fingerprint density at radius 3 is 2.48 bits per heavy atom. The number of nitrogens with one attached hydrogen (secondary N) is 1. The maximum Gasteiger partial charge on any atom is 0.410 e. The Morgan fingerprint density at radius 1 is 1.16 bits per heavy atom. The summed E-state index contributed by atoms with van der Waals surface area (Å²) < 4.78 is 27.2. The lowest BCUT2D eigenvalue weighted by molar-refractivity contribution is -0.136. The summed E-state index contributed by atoms with van der Waals surface area (Å²) in [4.78, 5) is 46.2. The van der Waals surface area contributed by atoms with E-state index in [0.29, 0.717) is 12.8 Å². The van der Waals surface area contributed by atoms with Crippen molar-refractivity contribution in [1.29, 1.82) is 0 Å². The molecule has 1 heterocycles. The van der Waals surface area contributed by atoms with E-state index >= 15 is 0 Å². The second-order valence-corrected chi connectivity index (χ2v) is 9.01. The van der Waals surface area contributed by atoms with Crippen LogP contribution in [0.5, 0.6) is 0 Å². The number of aliphatic carboxylic acids is 1. The molecule has 0 aliphatic carbocycles. The van der Waals surface area contributed by atoms with Crippen LogP contribution in [0.2, 0.25) is 0 Å². The lowest BCUT2D eigenvalue weighted by atomic mass is 10.2. The number of alkyl carbamates (subject to hydrolysis) is 1. The third-order valence-electron chi connectivity index (χ3n) is 4.78. The van der Waals surface area contributed by atoms with E-state index in [2.05, 4.69) is 9.84 Å². The number of hydrogen-bond acceptors (Lipinski definition) is 7. The molecule has 1 fully saturated rings. The van der Waals surface area contributed by atoms with Crippen LogP contribution in [-0.2, 0) is 30.0 Å². The Hall–Kier alpha value is -2.62. The van der Waals surface area contributed by atoms with Crippen LogP contribution < -0.4 is 5.32 Å². The number of carboxylic acid groups (broad SMARTS) is 1. The Morgan fingerprint density at radius 2 is 1.84 bits per heavy atom. The molecule has 1 aliphatic heterocycles. The fourth-order valence-corrected chi connectivity index (χ4v) is 4.27. The van der Waals surface area contributed by atoms with Crippen molar-refractivity contribution in [3.63, 3.8) is 0 Å². The third-order valence-corrected chi connectivity index (χ3v) is 6.23. The van der Waals surface area contributed by atoms with Gasteiger partial charge in [0.25, 0.3) is 0 Å². The molecule has 3 atom stereocenters. The summed E-state index contributed by atoms with van der Waals surface area (Å²) in [5.41, 5.74) is 0.780. The van der Waals surface area contributed by atoms with Crippen molar-refractivity contribution < 1.29 is 42.9 Å². The topological polar surface area (TPSA) is 152 Å². The van der Waals surface area contributed by atoms with E-state index in [1.807, 2.05) is 18.2 Å². The molecule has 12 heteroatoms. The Labute approximate surface area is 179 Å². The van der Waals surface area contributed by atoms with Crippen LogP contribution in [0.15, 0.2) is 30.3 Å². The molecular weight excluding hydrogens is 431 g/mol. The maximum atomic E-state index is 12.8. The van der Waals surface area contributed by atoms with Crippen molar-refractivity contribution in [1.82, 2.24) is 10.2 Å². The minimum Gasteiger partial charge on any atom is -0.481 e. The number of likely N-dealkylation sites (tertiary alicyclic amines) is 1. The smallest absolute Gasteiger partial charge is 0.410 e. The van der Waals surface area contributed by atoms with Gasteiger partial charge in [-0.15, -0.1) is 0 Å². The molecule has 11 nitrogen and oxygen atoms in total. The van der Waals surface area contributed by atoms with E-state index in [1.54, 1.807) is 12.1 Å². The highest BCUT2D eigenvalue weighted by Crippen LogP contribution is 2.44. The van der Waals surface area contributed by atoms with E-state index in [-0.39, 0.29) is 32.3 Å². The second kappa shape index (κ2) is 11.7. The van der Waals surface area contributed by atoms with Crippen molar-refractivity contribution in [3.8, 4) is 0 Å². The standard InChI is InChI=1S/C19H27N2O9P/c1-28-31(26,27)13-16-8-7-15(12-29-18(24)20-10-9-17(22)23)21(16)19(25)30-11-14-5-3-2-4-6-14/h2-6,15-16H,7-13H2,1H3,(H,20,24)(H,22,23)(H,26,27)/t15-,16+/m0/s1. The fraction of sp³-hybridized carbons (Fsp3) is 0.526. The number of benzene rings is 1. The van der Waals surface area contributed by atoms with Gasteiger partial charge in [0.2, 0.25) is 0 Å². The van der Waals surface area contributed by atoms with Gasteiger partial charge in [0.1, 0.15) is 13.2 Å². The summed E-state index contributed by atoms with van der Waals surface area (Å²) >= 11 is 0. The summed E-state index contributed by atoms with van der Waals surface area (Å²) in [6.45, 7) is -0.239. The molecular formula is C19H27N2O9P. The molecule has 0 spiro atoms. The molecule has 1 aromatic carbocycles. The first-order valence-electron chi connectivity index (χ1n) is 9.71. The van der Waals surface area contributed by atoms with Gasteiger partial charge in [-0.1, -0.05) is 30.3 Å². The highest BCUT2D eigenvalue weighted by atomic mass is 31.2. The number of carboxylic acids is 1. The quantitative estimate of drug-likeness (QED) is 0.448. The molecule has 1 saturated heterocycles. The lowest BCUT2D eigenvalue weighted by Gasteiger charge is -2.30. The first kappa shape index (κ1) is 24.6. The van der Waals surface area contributed by atoms with Crippen molar-refractivity contribution >= 4 is 25.8 Å². The van der Waals surface area contributed by atoms with Crippen LogP contribution in [0.4, 0.5) is 9.59 Å². The van der Waals surface area contributed by atoms with Crippen LogP contribution in [-0.4, -0.2) is 71.6 Å². The fourth-order valence-electron chi connectivity index (χ4n) is 3.23. The van der Waals surface area contributed by atoms with E-state index in [9.17, 15) is 23.8 Å². The highest BCUT2D eigenvalue weighted by molar-refractivity contribution is 7.52. The first-order valence-corrected chi connectivity index (χ1v) is 11.5. The summed E-state index contributed by atoms with van der Waals surface area (Å²) in [7, 11) is -2.77. The van der Waals surface area contributed by atoms with Crippen molar-refractivity contribution in [2.45, 2.75) is 38.0 Å². The van der Waals surface area contributed by atoms with Crippen LogP contribution in [0.3, 0.4) is 0 Å². The van der Waals surface area contributed by atoms with Crippen LogP contribution in [0.1, 0.15) is 24.8 Å². The van der Waals surface area contributed by atoms with Gasteiger partial charge in [0.15, 0.2) is 0 Å². The zero-order valence-corrected chi connectivity index (χ0v) is 18.0. The molecule has 31 heavy (non-hydrogen) atoms. The van der Waals surface area contributed by atoms with Gasteiger partial charge >= 0.3 is 25.8 Å². The molecule has 0 radical (unpaired) electrons. The maximum absolute atomic E-state index is 12.8. The minimum absolute atomic E-state index is 0.0210. The zero-order valence-electron chi connectivity index (χ0n) is 17.1. The normalized spacial score (nSPS) is 20.0. The van der Waals surface area contributed by atoms with Crippen molar-refractivity contribution in [3.05, 3.63) is 35.9 Å². The first-order chi connectivity index (χ1) is 14.7. The van der Waals surface area contributed by atoms with Crippen LogP contribution in [0.25, 0.3) is 0 Å². The van der Waals surface area contributed by atoms with Gasteiger partial charge in [-0.25, -0.2) is 9.59 Å². The number of carbonyl (C=O) groups excluding carboxylic acids is 2. The molecule has 0 aromatic heterocycles. The van der Waals surface area contributed by atoms with Crippen LogP contribution >= 0.6 is 7.60 Å². The Kier molecular flexibility index (Phi) is 9.29. The SMILES string of the molecule is COP(=O)(O)C[C@H]1CC[C@@H](COC(=O)NCCC(=O)O)N1C(=O)OCc1ccccc1. The molecule has 0 saturated carbocycles. The van der Waals surface area contributed by atoms with Crippen molar-refractivity contribution in [2.24, 2.45) is 0 Å². The average molecular weight is 458 g/mol. The molecule has 2 rings (SSSR count). The van der Waals surface area contributed by atoms with Crippen molar-refractivity contribution in [2.75, 3.05) is 26.4 Å². The van der Waals surface area contributed by atoms with Gasteiger partial charge in [0, 0.05) is 19.7 Å². The summed E-state index contributed by atoms with van der Waals surface area (Å²) in [6.07, 6.45) is -1.19. The van der Waals surface area contributed by atoms with E-state index in [1.165, 1.54) is 4.90 Å². The zero-order chi connectivity index (χ0) is 22.9. The number of ether oxygens (including phenoxy) is 2. The highest BCUT2D eigenvalue weighted by Gasteiger charge is 2.42. The van der Waals surface area contributed by atoms with Gasteiger partial charge in [0.05, 0.1) is 18.6 Å². The molecule has 172 valence electrons. The van der Waals surface area contributed by atoms with E-state index < -0.39 is 37.8 Å². The number of amides is 2. The number of carbonyl (C=O) groups is 3. The van der Waals surface area contributed by atoms with Gasteiger partial charge in [-0.2, -0.15) is 0 Å². The Bertz CT molecular complexity index is 805.